The van der Waals surface area contributed by atoms with Gasteiger partial charge in [-0.1, -0.05) is 43.3 Å². The zero-order valence-corrected chi connectivity index (χ0v) is 17.6. The number of nitrogens with zero attached hydrogens (tertiary/aromatic N) is 3. The van der Waals surface area contributed by atoms with E-state index in [1.807, 2.05) is 12.1 Å². The Morgan fingerprint density at radius 2 is 1.87 bits per heavy atom. The first-order valence-electron chi connectivity index (χ1n) is 9.96. The van der Waals surface area contributed by atoms with E-state index in [0.29, 0.717) is 47.8 Å². The maximum absolute atomic E-state index is 12.7. The Balaban J connectivity index is 1.55. The van der Waals surface area contributed by atoms with Gasteiger partial charge in [-0.05, 0) is 23.6 Å². The third-order valence-electron chi connectivity index (χ3n) is 5.43. The van der Waals surface area contributed by atoms with Crippen molar-refractivity contribution < 1.29 is 18.8 Å². The Morgan fingerprint density at radius 3 is 2.53 bits per heavy atom. The van der Waals surface area contributed by atoms with Crippen LogP contribution in [0.3, 0.4) is 0 Å². The van der Waals surface area contributed by atoms with E-state index >= 15 is 0 Å². The van der Waals surface area contributed by atoms with E-state index in [9.17, 15) is 4.79 Å². The molecule has 0 spiro atoms. The number of rotatable bonds is 6. The average molecular weight is 407 g/mol. The molecule has 1 unspecified atom stereocenters. The molecule has 1 fully saturated rings. The third kappa shape index (κ3) is 3.75. The van der Waals surface area contributed by atoms with Gasteiger partial charge >= 0.3 is 0 Å². The molecule has 0 radical (unpaired) electrons. The first-order valence-corrected chi connectivity index (χ1v) is 9.96. The van der Waals surface area contributed by atoms with Crippen LogP contribution in [0, 0.1) is 0 Å². The zero-order valence-electron chi connectivity index (χ0n) is 17.6. The number of carbonyl (C=O) groups is 1. The fraction of sp³-hybridized carbons (Fsp3) is 0.348. The normalized spacial score (nSPS) is 16.4. The largest absolute Gasteiger partial charge is 0.497 e. The summed E-state index contributed by atoms with van der Waals surface area (Å²) in [6, 6.07) is 13.5. The SMILES string of the molecule is COc1ccc(OC)c(N2CC(c3nc(-c4ccc(C(C)C)cc4)no3)CC2=O)c1. The molecule has 156 valence electrons. The number of benzene rings is 2. The number of ether oxygens (including phenoxy) is 2. The van der Waals surface area contributed by atoms with Crippen LogP contribution in [0.2, 0.25) is 0 Å². The lowest BCUT2D eigenvalue weighted by Gasteiger charge is -2.20. The number of aromatic nitrogens is 2. The minimum Gasteiger partial charge on any atom is -0.497 e. The first-order chi connectivity index (χ1) is 14.5. The molecule has 3 aromatic rings. The van der Waals surface area contributed by atoms with Gasteiger partial charge in [-0.2, -0.15) is 4.98 Å². The highest BCUT2D eigenvalue weighted by Crippen LogP contribution is 2.38. The second kappa shape index (κ2) is 8.18. The topological polar surface area (TPSA) is 77.7 Å². The minimum atomic E-state index is -0.176. The first kappa shape index (κ1) is 19.9. The van der Waals surface area contributed by atoms with Crippen molar-refractivity contribution in [2.45, 2.75) is 32.1 Å². The highest BCUT2D eigenvalue weighted by molar-refractivity contribution is 5.98. The van der Waals surface area contributed by atoms with Crippen molar-refractivity contribution in [3.63, 3.8) is 0 Å². The second-order valence-electron chi connectivity index (χ2n) is 7.68. The van der Waals surface area contributed by atoms with Crippen molar-refractivity contribution in [2.75, 3.05) is 25.7 Å². The van der Waals surface area contributed by atoms with Gasteiger partial charge in [0.2, 0.25) is 17.6 Å². The number of methoxy groups -OCH3 is 2. The van der Waals surface area contributed by atoms with Gasteiger partial charge < -0.3 is 18.9 Å². The molecular formula is C23H25N3O4. The minimum absolute atomic E-state index is 0.0208. The third-order valence-corrected chi connectivity index (χ3v) is 5.43. The summed E-state index contributed by atoms with van der Waals surface area (Å²) in [5.74, 6) is 2.54. The molecule has 1 aliphatic heterocycles. The van der Waals surface area contributed by atoms with E-state index in [2.05, 4.69) is 36.1 Å². The quantitative estimate of drug-likeness (QED) is 0.603. The molecule has 2 aromatic carbocycles. The lowest BCUT2D eigenvalue weighted by molar-refractivity contribution is -0.117. The van der Waals surface area contributed by atoms with E-state index in [1.165, 1.54) is 5.56 Å². The van der Waals surface area contributed by atoms with E-state index in [0.717, 1.165) is 5.56 Å². The standard InChI is InChI=1S/C23H25N3O4/c1-14(2)15-5-7-16(8-6-15)22-24-23(30-25-22)17-11-21(27)26(13-17)19-12-18(28-3)9-10-20(19)29-4/h5-10,12,14,17H,11,13H2,1-4H3. The average Bonchev–Trinajstić information content (AvgIpc) is 3.40. The Hall–Kier alpha value is -3.35. The summed E-state index contributed by atoms with van der Waals surface area (Å²) in [4.78, 5) is 19.0. The summed E-state index contributed by atoms with van der Waals surface area (Å²) in [5, 5.41) is 4.13. The molecule has 1 aliphatic rings. The molecule has 1 saturated heterocycles. The van der Waals surface area contributed by atoms with Gasteiger partial charge in [0.1, 0.15) is 11.5 Å². The Bertz CT molecular complexity index is 1040. The lowest BCUT2D eigenvalue weighted by Crippen LogP contribution is -2.24. The second-order valence-corrected chi connectivity index (χ2v) is 7.68. The van der Waals surface area contributed by atoms with Crippen LogP contribution in [0.1, 0.15) is 43.6 Å². The summed E-state index contributed by atoms with van der Waals surface area (Å²) < 4.78 is 16.3. The van der Waals surface area contributed by atoms with Gasteiger partial charge in [0.15, 0.2) is 0 Å². The van der Waals surface area contributed by atoms with Gasteiger partial charge in [0, 0.05) is 24.6 Å². The van der Waals surface area contributed by atoms with Crippen LogP contribution in [0.15, 0.2) is 47.0 Å². The van der Waals surface area contributed by atoms with Crippen molar-refractivity contribution in [1.29, 1.82) is 0 Å². The van der Waals surface area contributed by atoms with Gasteiger partial charge in [-0.25, -0.2) is 0 Å². The number of carbonyl (C=O) groups excluding carboxylic acids is 1. The van der Waals surface area contributed by atoms with Crippen molar-refractivity contribution in [3.05, 3.63) is 53.9 Å². The van der Waals surface area contributed by atoms with Crippen molar-refractivity contribution >= 4 is 11.6 Å². The molecule has 1 amide bonds. The predicted octanol–water partition coefficient (Wildman–Crippen LogP) is 4.40. The van der Waals surface area contributed by atoms with E-state index < -0.39 is 0 Å². The fourth-order valence-electron chi connectivity index (χ4n) is 3.65. The zero-order chi connectivity index (χ0) is 21.3. The van der Waals surface area contributed by atoms with Crippen molar-refractivity contribution in [1.82, 2.24) is 10.1 Å². The number of anilines is 1. The summed E-state index contributed by atoms with van der Waals surface area (Å²) in [7, 11) is 3.17. The highest BCUT2D eigenvalue weighted by atomic mass is 16.5. The monoisotopic (exact) mass is 407 g/mol. The molecule has 0 aliphatic carbocycles. The molecule has 0 saturated carbocycles. The van der Waals surface area contributed by atoms with Gasteiger partial charge in [0.25, 0.3) is 0 Å². The van der Waals surface area contributed by atoms with Gasteiger partial charge in [0.05, 0.1) is 25.8 Å². The van der Waals surface area contributed by atoms with E-state index in [-0.39, 0.29) is 11.8 Å². The Kier molecular flexibility index (Phi) is 5.44. The summed E-state index contributed by atoms with van der Waals surface area (Å²) in [5.41, 5.74) is 2.82. The summed E-state index contributed by atoms with van der Waals surface area (Å²) in [6.45, 7) is 4.75. The molecular weight excluding hydrogens is 382 g/mol. The van der Waals surface area contributed by atoms with Crippen LogP contribution in [-0.4, -0.2) is 36.8 Å². The maximum Gasteiger partial charge on any atom is 0.232 e. The molecule has 1 atom stereocenters. The lowest BCUT2D eigenvalue weighted by atomic mass is 10.0. The van der Waals surface area contributed by atoms with Gasteiger partial charge in [-0.15, -0.1) is 0 Å². The van der Waals surface area contributed by atoms with Crippen LogP contribution in [0.5, 0.6) is 11.5 Å². The molecule has 0 N–H and O–H groups in total. The predicted molar refractivity (Wildman–Crippen MR) is 113 cm³/mol. The number of amides is 1. The molecule has 0 bridgehead atoms. The fourth-order valence-corrected chi connectivity index (χ4v) is 3.65. The highest BCUT2D eigenvalue weighted by Gasteiger charge is 2.36. The van der Waals surface area contributed by atoms with E-state index in [4.69, 9.17) is 14.0 Å². The van der Waals surface area contributed by atoms with E-state index in [1.54, 1.807) is 37.3 Å². The van der Waals surface area contributed by atoms with Gasteiger partial charge in [-0.3, -0.25) is 4.79 Å². The Morgan fingerprint density at radius 1 is 1.10 bits per heavy atom. The smallest absolute Gasteiger partial charge is 0.232 e. The van der Waals surface area contributed by atoms with Crippen molar-refractivity contribution in [3.8, 4) is 22.9 Å². The molecule has 1 aromatic heterocycles. The molecule has 7 nitrogen and oxygen atoms in total. The Labute approximate surface area is 175 Å². The van der Waals surface area contributed by atoms with Crippen LogP contribution in [0.25, 0.3) is 11.4 Å². The van der Waals surface area contributed by atoms with Crippen LogP contribution >= 0.6 is 0 Å². The van der Waals surface area contributed by atoms with Crippen LogP contribution in [-0.2, 0) is 4.79 Å². The molecule has 4 rings (SSSR count). The number of hydrogen-bond donors (Lipinski definition) is 0. The molecule has 2 heterocycles. The van der Waals surface area contributed by atoms with Crippen molar-refractivity contribution in [2.24, 2.45) is 0 Å². The summed E-state index contributed by atoms with van der Waals surface area (Å²) in [6.07, 6.45) is 0.300. The molecule has 7 heteroatoms. The van der Waals surface area contributed by atoms with Crippen LogP contribution < -0.4 is 14.4 Å². The summed E-state index contributed by atoms with van der Waals surface area (Å²) >= 11 is 0. The molecule has 30 heavy (non-hydrogen) atoms. The number of hydrogen-bond acceptors (Lipinski definition) is 6. The van der Waals surface area contributed by atoms with Crippen LogP contribution in [0.4, 0.5) is 5.69 Å². The maximum atomic E-state index is 12.7.